The van der Waals surface area contributed by atoms with E-state index in [-0.39, 0.29) is 0 Å². The summed E-state index contributed by atoms with van der Waals surface area (Å²) in [4.78, 5) is 12.6. The minimum absolute atomic E-state index is 0.362. The Morgan fingerprint density at radius 2 is 0.618 bits per heavy atom. The Morgan fingerprint density at radius 3 is 0.926 bits per heavy atom. The summed E-state index contributed by atoms with van der Waals surface area (Å²) in [7, 11) is 0. The van der Waals surface area contributed by atoms with Gasteiger partial charge in [0.15, 0.2) is 0 Å². The number of carbonyl (C=O) groups excluding carboxylic acids is 1. The van der Waals surface area contributed by atoms with Crippen molar-refractivity contribution in [1.29, 1.82) is 0 Å². The lowest BCUT2D eigenvalue weighted by Gasteiger charge is -2.27. The lowest BCUT2D eigenvalue weighted by atomic mass is 10.00. The molecule has 6 nitrogen and oxygen atoms in total. The average molecular weight is 959 g/mol. The highest BCUT2D eigenvalue weighted by atomic mass is 16.3. The van der Waals surface area contributed by atoms with E-state index < -0.39 is 36.9 Å². The number of allylic oxidation sites excluding steroid dienone is 6. The smallest absolute Gasteiger partial charge is 0.249 e. The lowest BCUT2D eigenvalue weighted by Crippen LogP contribution is -2.53. The van der Waals surface area contributed by atoms with Crippen molar-refractivity contribution in [3.8, 4) is 0 Å². The van der Waals surface area contributed by atoms with Gasteiger partial charge in [-0.3, -0.25) is 4.79 Å². The second-order valence-corrected chi connectivity index (χ2v) is 21.0. The van der Waals surface area contributed by atoms with E-state index in [9.17, 15) is 25.2 Å². The molecule has 4 unspecified atom stereocenters. The van der Waals surface area contributed by atoms with Crippen molar-refractivity contribution in [2.24, 2.45) is 0 Å². The van der Waals surface area contributed by atoms with Gasteiger partial charge in [0.2, 0.25) is 5.91 Å². The molecule has 1 amide bonds. The number of aliphatic hydroxyl groups excluding tert-OH is 4. The van der Waals surface area contributed by atoms with Crippen LogP contribution in [-0.4, -0.2) is 57.3 Å². The third-order valence-corrected chi connectivity index (χ3v) is 14.3. The Kier molecular flexibility index (Phi) is 55.2. The number of rotatable bonds is 56. The molecule has 0 spiro atoms. The maximum absolute atomic E-state index is 12.6. The standard InChI is InChI=1S/C62H119NO5/c1-3-5-7-9-11-13-15-17-19-21-23-25-26-27-28-29-30-31-32-33-34-35-36-38-40-42-44-46-48-50-52-54-56-60(66)62(68)63-58(57-64)61(67)59(65)55-53-51-49-47-45-43-41-39-37-24-22-20-18-16-14-12-10-8-6-4-2/h27-28,39,41,47,49,58-61,64-67H,3-26,29-38,40,42-46,48,50-57H2,1-2H3,(H,63,68)/b28-27-,41-39+,49-47+. The maximum Gasteiger partial charge on any atom is 0.249 e. The van der Waals surface area contributed by atoms with E-state index in [1.165, 1.54) is 250 Å². The molecule has 4 atom stereocenters. The van der Waals surface area contributed by atoms with E-state index in [0.29, 0.717) is 19.3 Å². The highest BCUT2D eigenvalue weighted by molar-refractivity contribution is 5.80. The molecule has 0 heterocycles. The van der Waals surface area contributed by atoms with Crippen molar-refractivity contribution in [3.63, 3.8) is 0 Å². The van der Waals surface area contributed by atoms with Gasteiger partial charge in [-0.1, -0.05) is 281 Å². The topological polar surface area (TPSA) is 110 Å². The Balaban J connectivity index is 3.61. The van der Waals surface area contributed by atoms with E-state index in [1.54, 1.807) is 0 Å². The van der Waals surface area contributed by atoms with E-state index in [1.807, 2.05) is 0 Å². The van der Waals surface area contributed by atoms with Gasteiger partial charge in [0, 0.05) is 0 Å². The van der Waals surface area contributed by atoms with Crippen LogP contribution < -0.4 is 5.32 Å². The third-order valence-electron chi connectivity index (χ3n) is 14.3. The van der Waals surface area contributed by atoms with Crippen LogP contribution in [-0.2, 0) is 4.79 Å². The Hall–Kier alpha value is -1.47. The fourth-order valence-electron chi connectivity index (χ4n) is 9.54. The van der Waals surface area contributed by atoms with Crippen molar-refractivity contribution in [2.75, 3.05) is 6.61 Å². The predicted octanol–water partition coefficient (Wildman–Crippen LogP) is 18.0. The molecule has 0 aromatic rings. The van der Waals surface area contributed by atoms with Crippen LogP contribution in [0.25, 0.3) is 0 Å². The quantitative estimate of drug-likeness (QED) is 0.0308. The molecule has 0 saturated heterocycles. The minimum atomic E-state index is -1.29. The van der Waals surface area contributed by atoms with E-state index in [2.05, 4.69) is 55.6 Å². The van der Waals surface area contributed by atoms with Crippen molar-refractivity contribution >= 4 is 5.91 Å². The van der Waals surface area contributed by atoms with Gasteiger partial charge >= 0.3 is 0 Å². The van der Waals surface area contributed by atoms with Gasteiger partial charge in [-0.05, 0) is 77.0 Å². The number of carbonyl (C=O) groups is 1. The first-order chi connectivity index (χ1) is 33.5. The van der Waals surface area contributed by atoms with Gasteiger partial charge in [0.25, 0.3) is 0 Å². The van der Waals surface area contributed by atoms with Crippen LogP contribution >= 0.6 is 0 Å². The van der Waals surface area contributed by atoms with Gasteiger partial charge in [-0.25, -0.2) is 0 Å². The predicted molar refractivity (Wildman–Crippen MR) is 297 cm³/mol. The molecule has 0 saturated carbocycles. The molecule has 0 rings (SSSR count). The molecule has 0 aromatic heterocycles. The third kappa shape index (κ3) is 49.5. The largest absolute Gasteiger partial charge is 0.394 e. The average Bonchev–Trinajstić information content (AvgIpc) is 3.34. The Labute approximate surface area is 424 Å². The van der Waals surface area contributed by atoms with Crippen LogP contribution in [0.1, 0.15) is 322 Å². The fourth-order valence-corrected chi connectivity index (χ4v) is 9.54. The Bertz CT molecular complexity index is 1080. The maximum atomic E-state index is 12.6. The molecule has 5 N–H and O–H groups in total. The molecule has 68 heavy (non-hydrogen) atoms. The monoisotopic (exact) mass is 958 g/mol. The van der Waals surface area contributed by atoms with Crippen molar-refractivity contribution in [2.45, 2.75) is 346 Å². The normalized spacial score (nSPS) is 13.9. The van der Waals surface area contributed by atoms with Gasteiger partial charge in [-0.15, -0.1) is 0 Å². The fraction of sp³-hybridized carbons (Fsp3) is 0.887. The first-order valence-electron chi connectivity index (χ1n) is 30.4. The summed E-state index contributed by atoms with van der Waals surface area (Å²) in [6.45, 7) is 4.07. The molecule has 0 radical (unpaired) electrons. The minimum Gasteiger partial charge on any atom is -0.394 e. The molecule has 0 aromatic carbocycles. The van der Waals surface area contributed by atoms with Crippen LogP contribution in [0.3, 0.4) is 0 Å². The molecule has 402 valence electrons. The molecular weight excluding hydrogens is 839 g/mol. The first kappa shape index (κ1) is 66.5. The highest BCUT2D eigenvalue weighted by Gasteiger charge is 2.28. The van der Waals surface area contributed by atoms with Gasteiger partial charge in [-0.2, -0.15) is 0 Å². The molecular formula is C62H119NO5. The lowest BCUT2D eigenvalue weighted by molar-refractivity contribution is -0.132. The second kappa shape index (κ2) is 56.4. The van der Waals surface area contributed by atoms with Gasteiger partial charge in [0.1, 0.15) is 12.2 Å². The number of amides is 1. The van der Waals surface area contributed by atoms with Crippen molar-refractivity contribution < 1.29 is 25.2 Å². The van der Waals surface area contributed by atoms with Crippen LogP contribution in [0.2, 0.25) is 0 Å². The number of hydrogen-bond acceptors (Lipinski definition) is 5. The summed E-state index contributed by atoms with van der Waals surface area (Å²) in [6, 6.07) is -1.01. The summed E-state index contributed by atoms with van der Waals surface area (Å²) in [6.07, 6.45) is 70.9. The van der Waals surface area contributed by atoms with Crippen LogP contribution in [0, 0.1) is 0 Å². The zero-order chi connectivity index (χ0) is 49.5. The number of nitrogens with one attached hydrogen (secondary N) is 1. The number of aliphatic hydroxyl groups is 4. The summed E-state index contributed by atoms with van der Waals surface area (Å²) in [5.41, 5.74) is 0. The van der Waals surface area contributed by atoms with E-state index in [0.717, 1.165) is 38.5 Å². The summed E-state index contributed by atoms with van der Waals surface area (Å²) in [5.74, 6) is -0.593. The SMILES string of the molecule is CCCCCCCCCCCCC/C=C/CC/C=C/CCCC(O)C(O)C(CO)NC(=O)C(O)CCCCCCCCCCCCCCCCCC/C=C\CCCCCCCCCCCCCC. The van der Waals surface area contributed by atoms with Crippen molar-refractivity contribution in [1.82, 2.24) is 5.32 Å². The number of unbranched alkanes of at least 4 members (excludes halogenated alkanes) is 41. The van der Waals surface area contributed by atoms with Crippen molar-refractivity contribution in [3.05, 3.63) is 36.5 Å². The van der Waals surface area contributed by atoms with Crippen LogP contribution in [0.4, 0.5) is 0 Å². The highest BCUT2D eigenvalue weighted by Crippen LogP contribution is 2.18. The molecule has 0 aliphatic heterocycles. The van der Waals surface area contributed by atoms with Crippen LogP contribution in [0.5, 0.6) is 0 Å². The second-order valence-electron chi connectivity index (χ2n) is 21.0. The van der Waals surface area contributed by atoms with Gasteiger partial charge in [0.05, 0.1) is 18.8 Å². The summed E-state index contributed by atoms with van der Waals surface area (Å²) in [5, 5.41) is 44.0. The van der Waals surface area contributed by atoms with E-state index in [4.69, 9.17) is 0 Å². The first-order valence-corrected chi connectivity index (χ1v) is 30.4. The molecule has 0 aliphatic rings. The molecule has 0 fully saturated rings. The molecule has 0 bridgehead atoms. The van der Waals surface area contributed by atoms with E-state index >= 15 is 0 Å². The zero-order valence-electron chi connectivity index (χ0n) is 45.6. The van der Waals surface area contributed by atoms with Crippen LogP contribution in [0.15, 0.2) is 36.5 Å². The summed E-state index contributed by atoms with van der Waals surface area (Å²) < 4.78 is 0. The molecule has 0 aliphatic carbocycles. The summed E-state index contributed by atoms with van der Waals surface area (Å²) >= 11 is 0. The number of hydrogen-bond donors (Lipinski definition) is 5. The zero-order valence-corrected chi connectivity index (χ0v) is 45.6. The molecule has 6 heteroatoms. The Morgan fingerprint density at radius 1 is 0.353 bits per heavy atom. The van der Waals surface area contributed by atoms with Gasteiger partial charge < -0.3 is 25.7 Å².